The maximum atomic E-state index is 12.8. The number of ether oxygens (including phenoxy) is 1. The maximum absolute atomic E-state index is 12.8. The van der Waals surface area contributed by atoms with E-state index in [1.165, 1.54) is 19.1 Å². The summed E-state index contributed by atoms with van der Waals surface area (Å²) < 4.78 is 30.7. The van der Waals surface area contributed by atoms with E-state index in [1.807, 2.05) is 0 Å². The SMILES string of the molecule is C=CC(=O)N(C)CC(=O)NCC(OC)C1CC(F)(F)C1. The van der Waals surface area contributed by atoms with Gasteiger partial charge in [-0.15, -0.1) is 0 Å². The van der Waals surface area contributed by atoms with Gasteiger partial charge < -0.3 is 15.0 Å². The summed E-state index contributed by atoms with van der Waals surface area (Å²) in [6, 6.07) is 0. The molecule has 1 rings (SSSR count). The van der Waals surface area contributed by atoms with E-state index in [2.05, 4.69) is 11.9 Å². The van der Waals surface area contributed by atoms with E-state index in [-0.39, 0.29) is 43.7 Å². The molecule has 5 nitrogen and oxygen atoms in total. The quantitative estimate of drug-likeness (QED) is 0.706. The molecular weight excluding hydrogens is 270 g/mol. The molecule has 1 aliphatic carbocycles. The Hall–Kier alpha value is -1.50. The molecule has 0 aromatic rings. The summed E-state index contributed by atoms with van der Waals surface area (Å²) in [7, 11) is 2.91. The Morgan fingerprint density at radius 3 is 2.60 bits per heavy atom. The minimum absolute atomic E-state index is 0.109. The Kier molecular flexibility index (Phi) is 5.62. The number of carbonyl (C=O) groups is 2. The van der Waals surface area contributed by atoms with Crippen LogP contribution < -0.4 is 5.32 Å². The fourth-order valence-electron chi connectivity index (χ4n) is 2.13. The Morgan fingerprint density at radius 2 is 2.15 bits per heavy atom. The van der Waals surface area contributed by atoms with Crippen LogP contribution >= 0.6 is 0 Å². The molecule has 2 amide bonds. The summed E-state index contributed by atoms with van der Waals surface area (Å²) in [5.74, 6) is -3.58. The van der Waals surface area contributed by atoms with Crippen molar-refractivity contribution in [1.29, 1.82) is 0 Å². The summed E-state index contributed by atoms with van der Waals surface area (Å²) in [5, 5.41) is 2.58. The molecule has 0 aromatic heterocycles. The highest BCUT2D eigenvalue weighted by atomic mass is 19.3. The van der Waals surface area contributed by atoms with E-state index in [4.69, 9.17) is 4.74 Å². The van der Waals surface area contributed by atoms with Gasteiger partial charge in [0.05, 0.1) is 12.6 Å². The molecule has 0 aromatic carbocycles. The van der Waals surface area contributed by atoms with Crippen LogP contribution in [0.5, 0.6) is 0 Å². The summed E-state index contributed by atoms with van der Waals surface area (Å²) in [6.07, 6.45) is 0.257. The van der Waals surface area contributed by atoms with Crippen molar-refractivity contribution >= 4 is 11.8 Å². The normalized spacial score (nSPS) is 18.8. The number of alkyl halides is 2. The van der Waals surface area contributed by atoms with Crippen molar-refractivity contribution in [1.82, 2.24) is 10.2 Å². The maximum Gasteiger partial charge on any atom is 0.248 e. The molecule has 1 N–H and O–H groups in total. The van der Waals surface area contributed by atoms with Crippen molar-refractivity contribution in [3.8, 4) is 0 Å². The molecule has 1 atom stereocenters. The third kappa shape index (κ3) is 4.56. The number of amides is 2. The molecule has 0 bridgehead atoms. The monoisotopic (exact) mass is 290 g/mol. The lowest BCUT2D eigenvalue weighted by Crippen LogP contribution is -2.48. The predicted octanol–water partition coefficient (Wildman–Crippen LogP) is 0.807. The smallest absolute Gasteiger partial charge is 0.248 e. The second-order valence-electron chi connectivity index (χ2n) is 5.00. The number of likely N-dealkylation sites (N-methyl/N-ethyl adjacent to an activating group) is 1. The van der Waals surface area contributed by atoms with Crippen LogP contribution in [0.2, 0.25) is 0 Å². The minimum Gasteiger partial charge on any atom is -0.379 e. The third-order valence-corrected chi connectivity index (χ3v) is 3.38. The number of halogens is 2. The van der Waals surface area contributed by atoms with Crippen LogP contribution in [0, 0.1) is 5.92 Å². The van der Waals surface area contributed by atoms with Crippen LogP contribution in [-0.2, 0) is 14.3 Å². The first kappa shape index (κ1) is 16.6. The molecule has 1 saturated carbocycles. The molecule has 114 valence electrons. The van der Waals surface area contributed by atoms with E-state index >= 15 is 0 Å². The molecule has 0 spiro atoms. The zero-order valence-corrected chi connectivity index (χ0v) is 11.7. The molecule has 0 saturated heterocycles. The molecule has 1 aliphatic rings. The van der Waals surface area contributed by atoms with E-state index in [0.717, 1.165) is 6.08 Å². The number of hydrogen-bond donors (Lipinski definition) is 1. The number of nitrogens with one attached hydrogen (secondary N) is 1. The van der Waals surface area contributed by atoms with Gasteiger partial charge in [-0.1, -0.05) is 6.58 Å². The summed E-state index contributed by atoms with van der Waals surface area (Å²) in [5.41, 5.74) is 0. The van der Waals surface area contributed by atoms with E-state index in [1.54, 1.807) is 0 Å². The average Bonchev–Trinajstić information content (AvgIpc) is 2.36. The standard InChI is InChI=1S/C13H20F2N2O3/c1-4-12(19)17(2)8-11(18)16-7-10(20-3)9-5-13(14,15)6-9/h4,9-10H,1,5-8H2,2-3H3,(H,16,18). The first-order valence-corrected chi connectivity index (χ1v) is 6.34. The van der Waals surface area contributed by atoms with Gasteiger partial charge in [0.1, 0.15) is 0 Å². The van der Waals surface area contributed by atoms with Crippen molar-refractivity contribution in [2.45, 2.75) is 24.9 Å². The van der Waals surface area contributed by atoms with Gasteiger partial charge >= 0.3 is 0 Å². The molecule has 1 unspecified atom stereocenters. The minimum atomic E-state index is -2.61. The van der Waals surface area contributed by atoms with Crippen LogP contribution in [0.1, 0.15) is 12.8 Å². The van der Waals surface area contributed by atoms with Gasteiger partial charge in [-0.2, -0.15) is 0 Å². The largest absolute Gasteiger partial charge is 0.379 e. The predicted molar refractivity (Wildman–Crippen MR) is 69.3 cm³/mol. The highest BCUT2D eigenvalue weighted by molar-refractivity contribution is 5.90. The molecule has 0 radical (unpaired) electrons. The number of methoxy groups -OCH3 is 1. The van der Waals surface area contributed by atoms with Crippen LogP contribution in [0.4, 0.5) is 8.78 Å². The molecule has 1 fully saturated rings. The number of carbonyl (C=O) groups excluding carboxylic acids is 2. The molecule has 0 aliphatic heterocycles. The van der Waals surface area contributed by atoms with Crippen molar-refractivity contribution in [3.63, 3.8) is 0 Å². The second-order valence-corrected chi connectivity index (χ2v) is 5.00. The van der Waals surface area contributed by atoms with Gasteiger partial charge in [-0.3, -0.25) is 9.59 Å². The van der Waals surface area contributed by atoms with Crippen molar-refractivity contribution < 1.29 is 23.1 Å². The van der Waals surface area contributed by atoms with E-state index in [0.29, 0.717) is 0 Å². The second kappa shape index (κ2) is 6.78. The van der Waals surface area contributed by atoms with E-state index < -0.39 is 12.0 Å². The van der Waals surface area contributed by atoms with Crippen LogP contribution in [0.25, 0.3) is 0 Å². The molecule has 0 heterocycles. The molecule has 20 heavy (non-hydrogen) atoms. The summed E-state index contributed by atoms with van der Waals surface area (Å²) in [4.78, 5) is 24.0. The first-order valence-electron chi connectivity index (χ1n) is 6.34. The van der Waals surface area contributed by atoms with Gasteiger partial charge in [0.15, 0.2) is 0 Å². The fraction of sp³-hybridized carbons (Fsp3) is 0.692. The van der Waals surface area contributed by atoms with Crippen LogP contribution in [0.15, 0.2) is 12.7 Å². The Labute approximate surface area is 117 Å². The summed E-state index contributed by atoms with van der Waals surface area (Å²) >= 11 is 0. The van der Waals surface area contributed by atoms with Crippen LogP contribution in [-0.4, -0.2) is 56.0 Å². The van der Waals surface area contributed by atoms with Gasteiger partial charge in [0, 0.05) is 33.5 Å². The number of nitrogens with zero attached hydrogens (tertiary/aromatic N) is 1. The van der Waals surface area contributed by atoms with Gasteiger partial charge in [0.2, 0.25) is 17.7 Å². The zero-order chi connectivity index (χ0) is 15.3. The lowest BCUT2D eigenvalue weighted by molar-refractivity contribution is -0.147. The Bertz CT molecular complexity index is 380. The van der Waals surface area contributed by atoms with Crippen molar-refractivity contribution in [2.24, 2.45) is 5.92 Å². The zero-order valence-electron chi connectivity index (χ0n) is 11.7. The van der Waals surface area contributed by atoms with Crippen molar-refractivity contribution in [3.05, 3.63) is 12.7 Å². The summed E-state index contributed by atoms with van der Waals surface area (Å²) in [6.45, 7) is 3.37. The average molecular weight is 290 g/mol. The van der Waals surface area contributed by atoms with Crippen molar-refractivity contribution in [2.75, 3.05) is 27.2 Å². The van der Waals surface area contributed by atoms with Gasteiger partial charge in [0.25, 0.3) is 0 Å². The molecule has 7 heteroatoms. The number of hydrogen-bond acceptors (Lipinski definition) is 3. The van der Waals surface area contributed by atoms with Gasteiger partial charge in [-0.25, -0.2) is 8.78 Å². The fourth-order valence-corrected chi connectivity index (χ4v) is 2.13. The highest BCUT2D eigenvalue weighted by Crippen LogP contribution is 2.44. The lowest BCUT2D eigenvalue weighted by Gasteiger charge is -2.39. The molecular formula is C13H20F2N2O3. The lowest BCUT2D eigenvalue weighted by atomic mass is 9.77. The topological polar surface area (TPSA) is 58.6 Å². The third-order valence-electron chi connectivity index (χ3n) is 3.38. The van der Waals surface area contributed by atoms with Crippen LogP contribution in [0.3, 0.4) is 0 Å². The first-order chi connectivity index (χ1) is 9.29. The number of rotatable bonds is 7. The van der Waals surface area contributed by atoms with Gasteiger partial charge in [-0.05, 0) is 12.0 Å². The van der Waals surface area contributed by atoms with E-state index in [9.17, 15) is 18.4 Å². The Morgan fingerprint density at radius 1 is 1.55 bits per heavy atom. The highest BCUT2D eigenvalue weighted by Gasteiger charge is 2.48. The Balaban J connectivity index is 2.32.